The van der Waals surface area contributed by atoms with Crippen molar-refractivity contribution in [3.05, 3.63) is 29.3 Å². The highest BCUT2D eigenvalue weighted by Gasteiger charge is 2.56. The summed E-state index contributed by atoms with van der Waals surface area (Å²) in [5.41, 5.74) is 0.837. The van der Waals surface area contributed by atoms with Gasteiger partial charge < -0.3 is 9.84 Å². The fourth-order valence-electron chi connectivity index (χ4n) is 2.26. The minimum atomic E-state index is -1.03. The summed E-state index contributed by atoms with van der Waals surface area (Å²) in [6.07, 6.45) is -0.865. The Bertz CT molecular complexity index is 443. The van der Waals surface area contributed by atoms with Gasteiger partial charge in [0.2, 0.25) is 0 Å². The van der Waals surface area contributed by atoms with Crippen LogP contribution in [0.3, 0.4) is 0 Å². The number of carboxylic acid groups (broad SMARTS) is 1. The Morgan fingerprint density at radius 3 is 3.07 bits per heavy atom. The quantitative estimate of drug-likeness (QED) is 0.765. The number of ether oxygens (including phenoxy) is 1. The molecule has 1 N–H and O–H groups in total. The van der Waals surface area contributed by atoms with Crippen molar-refractivity contribution in [2.24, 2.45) is 5.92 Å². The number of benzene rings is 1. The molecule has 15 heavy (non-hydrogen) atoms. The zero-order valence-electron chi connectivity index (χ0n) is 7.81. The Kier molecular flexibility index (Phi) is 1.58. The van der Waals surface area contributed by atoms with Crippen LogP contribution < -0.4 is 4.74 Å². The molecule has 3 nitrogen and oxygen atoms in total. The second kappa shape index (κ2) is 2.72. The van der Waals surface area contributed by atoms with Gasteiger partial charge in [-0.1, -0.05) is 12.1 Å². The molecule has 3 rings (SSSR count). The maximum absolute atomic E-state index is 13.3. The van der Waals surface area contributed by atoms with Crippen LogP contribution in [0.4, 0.5) is 4.39 Å². The van der Waals surface area contributed by atoms with Crippen LogP contribution in [-0.2, 0) is 0 Å². The van der Waals surface area contributed by atoms with Crippen LogP contribution in [0, 0.1) is 5.92 Å². The molecule has 1 saturated carbocycles. The fourth-order valence-corrected chi connectivity index (χ4v) is 2.26. The second-order valence-corrected chi connectivity index (χ2v) is 3.97. The summed E-state index contributed by atoms with van der Waals surface area (Å²) < 4.78 is 18.6. The number of halogens is 1. The van der Waals surface area contributed by atoms with Crippen LogP contribution in [-0.4, -0.2) is 23.9 Å². The second-order valence-electron chi connectivity index (χ2n) is 3.97. The largest absolute Gasteiger partial charge is 0.492 e. The number of fused-ring (bicyclic) bond motifs is 3. The molecule has 1 heterocycles. The summed E-state index contributed by atoms with van der Waals surface area (Å²) in [5.74, 6) is -0.887. The van der Waals surface area contributed by atoms with Gasteiger partial charge in [0.15, 0.2) is 0 Å². The number of rotatable bonds is 1. The monoisotopic (exact) mass is 208 g/mol. The smallest absolute Gasteiger partial charge is 0.339 e. The number of hydrogen-bond acceptors (Lipinski definition) is 2. The van der Waals surface area contributed by atoms with Crippen molar-refractivity contribution in [3.8, 4) is 5.75 Å². The molecule has 78 valence electrons. The molecule has 1 aliphatic carbocycles. The molecule has 0 amide bonds. The first kappa shape index (κ1) is 8.71. The molecule has 1 aliphatic heterocycles. The van der Waals surface area contributed by atoms with E-state index in [-0.39, 0.29) is 17.4 Å². The Hall–Kier alpha value is -1.58. The lowest BCUT2D eigenvalue weighted by atomic mass is 10.0. The van der Waals surface area contributed by atoms with E-state index in [1.54, 1.807) is 12.1 Å². The predicted octanol–water partition coefficient (Wildman–Crippen LogP) is 1.83. The van der Waals surface area contributed by atoms with Gasteiger partial charge in [0.1, 0.15) is 17.5 Å². The summed E-state index contributed by atoms with van der Waals surface area (Å²) >= 11 is 0. The molecule has 4 heteroatoms. The number of hydrogen-bond donors (Lipinski definition) is 1. The zero-order valence-corrected chi connectivity index (χ0v) is 7.81. The Balaban J connectivity index is 2.13. The maximum Gasteiger partial charge on any atom is 0.339 e. The van der Waals surface area contributed by atoms with Crippen molar-refractivity contribution in [1.82, 2.24) is 0 Å². The van der Waals surface area contributed by atoms with E-state index in [4.69, 9.17) is 9.84 Å². The third-order valence-corrected chi connectivity index (χ3v) is 3.13. The van der Waals surface area contributed by atoms with E-state index in [9.17, 15) is 9.18 Å². The first-order chi connectivity index (χ1) is 7.20. The first-order valence-electron chi connectivity index (χ1n) is 4.83. The van der Waals surface area contributed by atoms with Gasteiger partial charge in [0.05, 0.1) is 6.61 Å². The number of alkyl halides is 1. The van der Waals surface area contributed by atoms with Gasteiger partial charge in [0, 0.05) is 17.4 Å². The van der Waals surface area contributed by atoms with Crippen LogP contribution in [0.1, 0.15) is 21.8 Å². The van der Waals surface area contributed by atoms with Crippen molar-refractivity contribution in [1.29, 1.82) is 0 Å². The molecular weight excluding hydrogens is 199 g/mol. The van der Waals surface area contributed by atoms with Gasteiger partial charge in [-0.05, 0) is 6.07 Å². The summed E-state index contributed by atoms with van der Waals surface area (Å²) in [7, 11) is 0. The van der Waals surface area contributed by atoms with E-state index in [1.165, 1.54) is 6.07 Å². The third-order valence-electron chi connectivity index (χ3n) is 3.13. The predicted molar refractivity (Wildman–Crippen MR) is 50.0 cm³/mol. The Morgan fingerprint density at radius 1 is 1.53 bits per heavy atom. The third kappa shape index (κ3) is 1.07. The minimum Gasteiger partial charge on any atom is -0.492 e. The van der Waals surface area contributed by atoms with Crippen molar-refractivity contribution >= 4 is 5.97 Å². The molecule has 0 bridgehead atoms. The van der Waals surface area contributed by atoms with Crippen LogP contribution in [0.5, 0.6) is 5.75 Å². The molecule has 1 aromatic rings. The summed E-state index contributed by atoms with van der Waals surface area (Å²) in [4.78, 5) is 10.9. The molecule has 0 spiro atoms. The van der Waals surface area contributed by atoms with E-state index >= 15 is 0 Å². The fraction of sp³-hybridized carbons (Fsp3) is 0.364. The zero-order chi connectivity index (χ0) is 10.6. The van der Waals surface area contributed by atoms with Crippen LogP contribution in [0.25, 0.3) is 0 Å². The highest BCUT2D eigenvalue weighted by molar-refractivity contribution is 5.91. The molecule has 0 radical (unpaired) electrons. The van der Waals surface area contributed by atoms with E-state index in [1.807, 2.05) is 0 Å². The first-order valence-corrected chi connectivity index (χ1v) is 4.83. The van der Waals surface area contributed by atoms with E-state index in [0.717, 1.165) is 0 Å². The number of aromatic carboxylic acids is 1. The van der Waals surface area contributed by atoms with Gasteiger partial charge in [-0.3, -0.25) is 0 Å². The van der Waals surface area contributed by atoms with Crippen molar-refractivity contribution < 1.29 is 19.0 Å². The molecule has 3 unspecified atom stereocenters. The average molecular weight is 208 g/mol. The van der Waals surface area contributed by atoms with Gasteiger partial charge >= 0.3 is 5.97 Å². The highest BCUT2D eigenvalue weighted by Crippen LogP contribution is 2.56. The Morgan fingerprint density at radius 2 is 2.33 bits per heavy atom. The maximum atomic E-state index is 13.3. The lowest BCUT2D eigenvalue weighted by Gasteiger charge is -2.17. The van der Waals surface area contributed by atoms with Crippen molar-refractivity contribution in [3.63, 3.8) is 0 Å². The van der Waals surface area contributed by atoms with E-state index < -0.39 is 12.1 Å². The van der Waals surface area contributed by atoms with E-state index in [0.29, 0.717) is 17.9 Å². The Labute approximate surface area is 85.5 Å². The number of carbonyl (C=O) groups is 1. The van der Waals surface area contributed by atoms with Crippen molar-refractivity contribution in [2.75, 3.05) is 6.61 Å². The molecule has 1 aromatic carbocycles. The summed E-state index contributed by atoms with van der Waals surface area (Å²) in [6.45, 7) is 0.295. The average Bonchev–Trinajstić information content (AvgIpc) is 2.89. The van der Waals surface area contributed by atoms with Crippen LogP contribution in [0.15, 0.2) is 18.2 Å². The summed E-state index contributed by atoms with van der Waals surface area (Å²) in [6, 6.07) is 4.87. The molecular formula is C11H9FO3. The molecule has 0 aromatic heterocycles. The highest BCUT2D eigenvalue weighted by atomic mass is 19.1. The van der Waals surface area contributed by atoms with Gasteiger partial charge in [-0.15, -0.1) is 0 Å². The van der Waals surface area contributed by atoms with Gasteiger partial charge in [-0.25, -0.2) is 9.18 Å². The lowest BCUT2D eigenvalue weighted by molar-refractivity contribution is 0.0691. The molecule has 2 aliphatic rings. The summed E-state index contributed by atoms with van der Waals surface area (Å²) in [5, 5.41) is 8.93. The molecule has 0 saturated heterocycles. The SMILES string of the molecule is O=C(O)c1cccc2c1OCC1C(F)C21. The molecule has 3 atom stereocenters. The van der Waals surface area contributed by atoms with Crippen molar-refractivity contribution in [2.45, 2.75) is 12.1 Å². The standard InChI is InChI=1S/C11H9FO3/c12-9-7-4-15-10-5(8(7)9)2-1-3-6(10)11(13)14/h1-3,7-9H,4H2,(H,13,14). The van der Waals surface area contributed by atoms with Crippen LogP contribution in [0.2, 0.25) is 0 Å². The normalized spacial score (nSPS) is 31.1. The lowest BCUT2D eigenvalue weighted by Crippen LogP contribution is -2.12. The molecule has 1 fully saturated rings. The van der Waals surface area contributed by atoms with Gasteiger partial charge in [0.25, 0.3) is 0 Å². The number of carboxylic acids is 1. The van der Waals surface area contributed by atoms with Crippen LogP contribution >= 0.6 is 0 Å². The topological polar surface area (TPSA) is 46.5 Å². The number of para-hydroxylation sites is 1. The van der Waals surface area contributed by atoms with Gasteiger partial charge in [-0.2, -0.15) is 0 Å². The minimum absolute atomic E-state index is 0.0680. The van der Waals surface area contributed by atoms with E-state index in [2.05, 4.69) is 0 Å².